The molecule has 0 aromatic heterocycles. The Morgan fingerprint density at radius 3 is 1.81 bits per heavy atom. The Bertz CT molecular complexity index is 335. The normalized spacial score (nSPS) is 20.1. The Morgan fingerprint density at radius 1 is 0.938 bits per heavy atom. The third-order valence-electron chi connectivity index (χ3n) is 2.99. The molecule has 2 heteroatoms. The molecule has 91 valence electrons. The highest BCUT2D eigenvalue weighted by Gasteiger charge is 2.35. The van der Waals surface area contributed by atoms with Gasteiger partial charge in [-0.3, -0.25) is 0 Å². The smallest absolute Gasteiger partial charge is 0.183 e. The molecule has 16 heavy (non-hydrogen) atoms. The topological polar surface area (TPSA) is 40.5 Å². The molecule has 0 fully saturated rings. The van der Waals surface area contributed by atoms with E-state index in [1.54, 1.807) is 0 Å². The van der Waals surface area contributed by atoms with E-state index in [0.29, 0.717) is 6.42 Å². The molecule has 1 aliphatic rings. The highest BCUT2D eigenvalue weighted by molar-refractivity contribution is 5.44. The molecule has 0 unspecified atom stereocenters. The van der Waals surface area contributed by atoms with Gasteiger partial charge >= 0.3 is 0 Å². The molecule has 0 saturated carbocycles. The summed E-state index contributed by atoms with van der Waals surface area (Å²) in [5.74, 6) is 0.0694. The predicted octanol–water partition coefficient (Wildman–Crippen LogP) is 4.13. The third kappa shape index (κ3) is 2.49. The van der Waals surface area contributed by atoms with Crippen molar-refractivity contribution >= 4 is 0 Å². The van der Waals surface area contributed by atoms with Crippen LogP contribution in [0.25, 0.3) is 0 Å². The lowest BCUT2D eigenvalue weighted by Crippen LogP contribution is -2.25. The predicted molar refractivity (Wildman–Crippen MR) is 66.4 cm³/mol. The molecule has 0 aromatic carbocycles. The molecule has 0 heterocycles. The summed E-state index contributed by atoms with van der Waals surface area (Å²) in [7, 11) is 0. The van der Waals surface area contributed by atoms with Crippen LogP contribution < -0.4 is 0 Å². The number of aliphatic hydroxyl groups is 2. The van der Waals surface area contributed by atoms with Gasteiger partial charge in [-0.05, 0) is 28.4 Å². The average molecular weight is 223 g/mol. The fourth-order valence-electron chi connectivity index (χ4n) is 1.99. The summed E-state index contributed by atoms with van der Waals surface area (Å²) >= 11 is 0. The van der Waals surface area contributed by atoms with Crippen LogP contribution in [0, 0.1) is 16.9 Å². The zero-order valence-electron chi connectivity index (χ0n) is 11.2. The molecule has 0 bridgehead atoms. The first-order valence-electron chi connectivity index (χ1n) is 5.75. The van der Waals surface area contributed by atoms with Crippen LogP contribution in [0.15, 0.2) is 23.0 Å². The molecule has 1 radical (unpaired) electrons. The minimum atomic E-state index is -0.137. The fourth-order valence-corrected chi connectivity index (χ4v) is 1.99. The molecular weight excluding hydrogens is 200 g/mol. The Hall–Kier alpha value is -0.760. The summed E-state index contributed by atoms with van der Waals surface area (Å²) in [4.78, 5) is 0. The number of rotatable bonds is 0. The minimum absolute atomic E-state index is 0.0451. The van der Waals surface area contributed by atoms with E-state index in [1.165, 1.54) is 0 Å². The van der Waals surface area contributed by atoms with Gasteiger partial charge in [-0.2, -0.15) is 0 Å². The van der Waals surface area contributed by atoms with Crippen molar-refractivity contribution in [2.75, 3.05) is 0 Å². The van der Waals surface area contributed by atoms with Gasteiger partial charge in [0.1, 0.15) is 5.76 Å². The van der Waals surface area contributed by atoms with Gasteiger partial charge < -0.3 is 10.2 Å². The van der Waals surface area contributed by atoms with Crippen molar-refractivity contribution in [3.8, 4) is 0 Å². The standard InChI is InChI=1S/C14H23O2/c1-13(2,3)9-7-8-10(14(4,5)6)12(16)11(9)15/h7,15-16H,8H2,1-6H3. The maximum atomic E-state index is 10.1. The van der Waals surface area contributed by atoms with E-state index in [-0.39, 0.29) is 22.7 Å². The van der Waals surface area contributed by atoms with E-state index in [1.807, 2.05) is 47.6 Å². The van der Waals surface area contributed by atoms with E-state index in [9.17, 15) is 10.2 Å². The zero-order chi connectivity index (χ0) is 12.7. The number of hydrogen-bond donors (Lipinski definition) is 2. The van der Waals surface area contributed by atoms with Crippen LogP contribution >= 0.6 is 0 Å². The first kappa shape index (κ1) is 13.3. The van der Waals surface area contributed by atoms with Gasteiger partial charge in [0.05, 0.1) is 0 Å². The minimum Gasteiger partial charge on any atom is -0.509 e. The van der Waals surface area contributed by atoms with Crippen molar-refractivity contribution in [2.24, 2.45) is 10.8 Å². The van der Waals surface area contributed by atoms with Crippen LogP contribution in [0.3, 0.4) is 0 Å². The van der Waals surface area contributed by atoms with Gasteiger partial charge in [0.15, 0.2) is 6.10 Å². The number of hydrogen-bond acceptors (Lipinski definition) is 2. The fraction of sp³-hybridized carbons (Fsp3) is 0.643. The average Bonchev–Trinajstić information content (AvgIpc) is 2.05. The van der Waals surface area contributed by atoms with Gasteiger partial charge in [0.25, 0.3) is 0 Å². The first-order chi connectivity index (χ1) is 7.05. The Labute approximate surface area is 98.7 Å². The SMILES string of the molecule is CC(C)(C)C1=CCC(C(C)(C)C)=C(O)[C]1O. The van der Waals surface area contributed by atoms with Crippen molar-refractivity contribution < 1.29 is 10.2 Å². The Kier molecular flexibility index (Phi) is 3.26. The van der Waals surface area contributed by atoms with Gasteiger partial charge in [-0.15, -0.1) is 0 Å². The Balaban J connectivity index is 3.08. The monoisotopic (exact) mass is 223 g/mol. The molecule has 0 atom stereocenters. The number of aliphatic hydroxyl groups excluding tert-OH is 2. The second-order valence-electron chi connectivity index (χ2n) is 6.50. The molecule has 0 amide bonds. The third-order valence-corrected chi connectivity index (χ3v) is 2.99. The van der Waals surface area contributed by atoms with Gasteiger partial charge in [-0.1, -0.05) is 47.6 Å². The lowest BCUT2D eigenvalue weighted by atomic mass is 9.73. The van der Waals surface area contributed by atoms with Crippen LogP contribution in [0.5, 0.6) is 0 Å². The van der Waals surface area contributed by atoms with Crippen molar-refractivity contribution in [1.82, 2.24) is 0 Å². The molecule has 1 aliphatic carbocycles. The molecule has 1 rings (SSSR count). The zero-order valence-corrected chi connectivity index (χ0v) is 11.2. The summed E-state index contributed by atoms with van der Waals surface area (Å²) < 4.78 is 0. The van der Waals surface area contributed by atoms with E-state index in [0.717, 1.165) is 11.1 Å². The van der Waals surface area contributed by atoms with Crippen LogP contribution in [0.2, 0.25) is 0 Å². The van der Waals surface area contributed by atoms with E-state index < -0.39 is 0 Å². The Morgan fingerprint density at radius 2 is 1.44 bits per heavy atom. The molecular formula is C14H23O2. The van der Waals surface area contributed by atoms with Crippen molar-refractivity contribution in [3.63, 3.8) is 0 Å². The molecule has 0 aromatic rings. The lowest BCUT2D eigenvalue weighted by Gasteiger charge is -2.34. The van der Waals surface area contributed by atoms with Crippen LogP contribution in [0.4, 0.5) is 0 Å². The summed E-state index contributed by atoms with van der Waals surface area (Å²) in [6.45, 7) is 12.2. The maximum Gasteiger partial charge on any atom is 0.183 e. The van der Waals surface area contributed by atoms with Gasteiger partial charge in [0, 0.05) is 0 Å². The van der Waals surface area contributed by atoms with Gasteiger partial charge in [0.2, 0.25) is 0 Å². The molecule has 0 spiro atoms. The summed E-state index contributed by atoms with van der Waals surface area (Å²) in [6.07, 6.45) is 2.78. The van der Waals surface area contributed by atoms with E-state index >= 15 is 0 Å². The largest absolute Gasteiger partial charge is 0.509 e. The van der Waals surface area contributed by atoms with Crippen molar-refractivity contribution in [1.29, 1.82) is 0 Å². The summed E-state index contributed by atoms with van der Waals surface area (Å²) in [5.41, 5.74) is 1.48. The quantitative estimate of drug-likeness (QED) is 0.648. The molecule has 0 saturated heterocycles. The van der Waals surface area contributed by atoms with Crippen LogP contribution in [-0.2, 0) is 0 Å². The van der Waals surface area contributed by atoms with Crippen molar-refractivity contribution in [3.05, 3.63) is 29.1 Å². The summed E-state index contributed by atoms with van der Waals surface area (Å²) in [6, 6.07) is 0. The van der Waals surface area contributed by atoms with Crippen LogP contribution in [-0.4, -0.2) is 10.2 Å². The summed E-state index contributed by atoms with van der Waals surface area (Å²) in [5, 5.41) is 20.1. The van der Waals surface area contributed by atoms with Crippen LogP contribution in [0.1, 0.15) is 48.0 Å². The first-order valence-corrected chi connectivity index (χ1v) is 5.75. The molecule has 2 nitrogen and oxygen atoms in total. The van der Waals surface area contributed by atoms with E-state index in [4.69, 9.17) is 0 Å². The highest BCUT2D eigenvalue weighted by atomic mass is 16.3. The van der Waals surface area contributed by atoms with Gasteiger partial charge in [-0.25, -0.2) is 0 Å². The van der Waals surface area contributed by atoms with Crippen molar-refractivity contribution in [2.45, 2.75) is 48.0 Å². The highest BCUT2D eigenvalue weighted by Crippen LogP contribution is 2.43. The number of allylic oxidation sites excluding steroid dienone is 2. The molecule has 0 aliphatic heterocycles. The second kappa shape index (κ2) is 3.92. The maximum absolute atomic E-state index is 10.1. The molecule has 2 N–H and O–H groups in total. The van der Waals surface area contributed by atoms with E-state index in [2.05, 4.69) is 0 Å². The second-order valence-corrected chi connectivity index (χ2v) is 6.50. The lowest BCUT2D eigenvalue weighted by molar-refractivity contribution is 0.232.